The van der Waals surface area contributed by atoms with Crippen molar-refractivity contribution in [2.45, 2.75) is 12.3 Å². The summed E-state index contributed by atoms with van der Waals surface area (Å²) in [6.07, 6.45) is -4.88. The standard InChI is InChI=1S/C9H4F5NO/c10-8(11,5-15)6-1-3-7(4-2-6)16-9(12,13)14/h1-4H. The summed E-state index contributed by atoms with van der Waals surface area (Å²) in [4.78, 5) is 0. The Morgan fingerprint density at radius 3 is 1.88 bits per heavy atom. The lowest BCUT2D eigenvalue weighted by Gasteiger charge is -2.10. The van der Waals surface area contributed by atoms with Gasteiger partial charge in [-0.15, -0.1) is 13.2 Å². The van der Waals surface area contributed by atoms with Gasteiger partial charge in [0.05, 0.1) is 0 Å². The van der Waals surface area contributed by atoms with Crippen molar-refractivity contribution in [3.05, 3.63) is 29.8 Å². The molecule has 0 aliphatic rings. The Balaban J connectivity index is 2.89. The van der Waals surface area contributed by atoms with E-state index in [0.717, 1.165) is 6.07 Å². The second-order valence-corrected chi connectivity index (χ2v) is 2.76. The molecule has 0 fully saturated rings. The summed E-state index contributed by atoms with van der Waals surface area (Å²) >= 11 is 0. The maximum atomic E-state index is 12.7. The van der Waals surface area contributed by atoms with Gasteiger partial charge in [0.2, 0.25) is 0 Å². The molecule has 1 aromatic rings. The van der Waals surface area contributed by atoms with Gasteiger partial charge in [-0.3, -0.25) is 0 Å². The van der Waals surface area contributed by atoms with Gasteiger partial charge in [-0.25, -0.2) is 0 Å². The van der Waals surface area contributed by atoms with E-state index in [0.29, 0.717) is 24.3 Å². The van der Waals surface area contributed by atoms with Crippen molar-refractivity contribution < 1.29 is 26.7 Å². The van der Waals surface area contributed by atoms with Gasteiger partial charge >= 0.3 is 12.3 Å². The lowest BCUT2D eigenvalue weighted by molar-refractivity contribution is -0.274. The Morgan fingerprint density at radius 1 is 1.00 bits per heavy atom. The van der Waals surface area contributed by atoms with Gasteiger partial charge in [0, 0.05) is 5.56 Å². The lowest BCUT2D eigenvalue weighted by atomic mass is 10.1. The molecule has 0 aliphatic heterocycles. The van der Waals surface area contributed by atoms with E-state index in [1.165, 1.54) is 0 Å². The Bertz CT molecular complexity index is 403. The lowest BCUT2D eigenvalue weighted by Crippen LogP contribution is -2.17. The van der Waals surface area contributed by atoms with E-state index in [1.807, 2.05) is 0 Å². The van der Waals surface area contributed by atoms with E-state index in [-0.39, 0.29) is 0 Å². The summed E-state index contributed by atoms with van der Waals surface area (Å²) in [6.45, 7) is 0. The third kappa shape index (κ3) is 3.08. The smallest absolute Gasteiger partial charge is 0.406 e. The van der Waals surface area contributed by atoms with E-state index in [4.69, 9.17) is 5.26 Å². The average molecular weight is 237 g/mol. The number of benzene rings is 1. The molecule has 7 heteroatoms. The molecule has 0 amide bonds. The number of hydrogen-bond donors (Lipinski definition) is 0. The monoisotopic (exact) mass is 237 g/mol. The van der Waals surface area contributed by atoms with Crippen molar-refractivity contribution in [1.29, 1.82) is 5.26 Å². The number of rotatable bonds is 2. The van der Waals surface area contributed by atoms with Gasteiger partial charge in [-0.1, -0.05) is 0 Å². The summed E-state index contributed by atoms with van der Waals surface area (Å²) in [5, 5.41) is 8.09. The van der Waals surface area contributed by atoms with Crippen molar-refractivity contribution >= 4 is 0 Å². The number of ether oxygens (including phenoxy) is 1. The Labute approximate surface area is 86.9 Å². The summed E-state index contributed by atoms with van der Waals surface area (Å²) in [6, 6.07) is 3.56. The Kier molecular flexibility index (Phi) is 3.03. The van der Waals surface area contributed by atoms with E-state index >= 15 is 0 Å². The van der Waals surface area contributed by atoms with Crippen molar-refractivity contribution in [1.82, 2.24) is 0 Å². The molecule has 86 valence electrons. The van der Waals surface area contributed by atoms with Crippen LogP contribution in [0.25, 0.3) is 0 Å². The third-order valence-corrected chi connectivity index (χ3v) is 1.59. The van der Waals surface area contributed by atoms with Crippen LogP contribution in [0.5, 0.6) is 5.75 Å². The van der Waals surface area contributed by atoms with E-state index in [1.54, 1.807) is 0 Å². The van der Waals surface area contributed by atoms with Crippen LogP contribution >= 0.6 is 0 Å². The molecule has 1 aromatic carbocycles. The predicted octanol–water partition coefficient (Wildman–Crippen LogP) is 3.20. The number of nitriles is 1. The molecule has 0 spiro atoms. The maximum absolute atomic E-state index is 12.7. The molecule has 0 atom stereocenters. The molecule has 0 N–H and O–H groups in total. The van der Waals surface area contributed by atoms with Crippen LogP contribution in [-0.2, 0) is 5.92 Å². The molecule has 0 aliphatic carbocycles. The fourth-order valence-corrected chi connectivity index (χ4v) is 0.930. The predicted molar refractivity (Wildman–Crippen MR) is 42.6 cm³/mol. The fourth-order valence-electron chi connectivity index (χ4n) is 0.930. The number of hydrogen-bond acceptors (Lipinski definition) is 2. The first-order valence-electron chi connectivity index (χ1n) is 3.90. The summed E-state index contributed by atoms with van der Waals surface area (Å²) in [5.74, 6) is -4.35. The zero-order valence-electron chi connectivity index (χ0n) is 7.55. The fraction of sp³-hybridized carbons (Fsp3) is 0.222. The quantitative estimate of drug-likeness (QED) is 0.740. The number of nitrogens with zero attached hydrogens (tertiary/aromatic N) is 1. The van der Waals surface area contributed by atoms with Crippen LogP contribution in [0.3, 0.4) is 0 Å². The molecule has 2 nitrogen and oxygen atoms in total. The van der Waals surface area contributed by atoms with Crippen LogP contribution < -0.4 is 4.74 Å². The third-order valence-electron chi connectivity index (χ3n) is 1.59. The van der Waals surface area contributed by atoms with Crippen LogP contribution in [0.15, 0.2) is 24.3 Å². The SMILES string of the molecule is N#CC(F)(F)c1ccc(OC(F)(F)F)cc1. The van der Waals surface area contributed by atoms with Crippen LogP contribution in [0.2, 0.25) is 0 Å². The molecule has 0 aromatic heterocycles. The molecule has 1 rings (SSSR count). The molecule has 0 bridgehead atoms. The Morgan fingerprint density at radius 2 is 1.50 bits per heavy atom. The first kappa shape index (κ1) is 12.2. The molecule has 0 heterocycles. The van der Waals surface area contributed by atoms with Gasteiger partial charge in [-0.05, 0) is 24.3 Å². The minimum Gasteiger partial charge on any atom is -0.406 e. The molecular weight excluding hydrogens is 233 g/mol. The summed E-state index contributed by atoms with van der Waals surface area (Å²) in [5.41, 5.74) is -0.690. The van der Waals surface area contributed by atoms with Crippen molar-refractivity contribution in [3.8, 4) is 11.8 Å². The molecule has 0 saturated heterocycles. The van der Waals surface area contributed by atoms with Gasteiger partial charge in [0.15, 0.2) is 0 Å². The first-order chi connectivity index (χ1) is 7.24. The van der Waals surface area contributed by atoms with Crippen LogP contribution in [0.1, 0.15) is 5.56 Å². The van der Waals surface area contributed by atoms with Crippen LogP contribution in [0, 0.1) is 11.3 Å². The summed E-state index contributed by atoms with van der Waals surface area (Å²) < 4.78 is 64.1. The highest BCUT2D eigenvalue weighted by atomic mass is 19.4. The van der Waals surface area contributed by atoms with Gasteiger partial charge in [0.25, 0.3) is 0 Å². The van der Waals surface area contributed by atoms with Crippen LogP contribution in [-0.4, -0.2) is 6.36 Å². The van der Waals surface area contributed by atoms with E-state index < -0.39 is 23.6 Å². The number of alkyl halides is 5. The van der Waals surface area contributed by atoms with Crippen molar-refractivity contribution in [2.24, 2.45) is 0 Å². The zero-order valence-corrected chi connectivity index (χ0v) is 7.55. The van der Waals surface area contributed by atoms with Gasteiger partial charge in [0.1, 0.15) is 11.8 Å². The second kappa shape index (κ2) is 3.96. The average Bonchev–Trinajstić information content (AvgIpc) is 2.16. The molecular formula is C9H4F5NO. The minimum atomic E-state index is -4.88. The summed E-state index contributed by atoms with van der Waals surface area (Å²) in [7, 11) is 0. The molecule has 0 radical (unpaired) electrons. The topological polar surface area (TPSA) is 33.0 Å². The van der Waals surface area contributed by atoms with Crippen molar-refractivity contribution in [2.75, 3.05) is 0 Å². The number of halogens is 5. The van der Waals surface area contributed by atoms with E-state index in [9.17, 15) is 22.0 Å². The second-order valence-electron chi connectivity index (χ2n) is 2.76. The molecule has 0 unspecified atom stereocenters. The van der Waals surface area contributed by atoms with Gasteiger partial charge < -0.3 is 4.74 Å². The zero-order chi connectivity index (χ0) is 12.4. The maximum Gasteiger partial charge on any atom is 0.573 e. The normalized spacial score (nSPS) is 12.0. The first-order valence-corrected chi connectivity index (χ1v) is 3.90. The van der Waals surface area contributed by atoms with Crippen LogP contribution in [0.4, 0.5) is 22.0 Å². The van der Waals surface area contributed by atoms with Gasteiger partial charge in [-0.2, -0.15) is 14.0 Å². The Hall–Kier alpha value is -1.84. The van der Waals surface area contributed by atoms with Crippen molar-refractivity contribution in [3.63, 3.8) is 0 Å². The highest BCUT2D eigenvalue weighted by molar-refractivity contribution is 5.32. The molecule has 0 saturated carbocycles. The largest absolute Gasteiger partial charge is 0.573 e. The highest BCUT2D eigenvalue weighted by Gasteiger charge is 2.33. The minimum absolute atomic E-state index is 0.620. The van der Waals surface area contributed by atoms with E-state index in [2.05, 4.69) is 4.74 Å². The molecule has 16 heavy (non-hydrogen) atoms. The highest BCUT2D eigenvalue weighted by Crippen LogP contribution is 2.29.